The lowest BCUT2D eigenvalue weighted by Crippen LogP contribution is -2.29. The zero-order valence-corrected chi connectivity index (χ0v) is 12.5. The highest BCUT2D eigenvalue weighted by Gasteiger charge is 2.32. The van der Waals surface area contributed by atoms with Crippen molar-refractivity contribution in [1.29, 1.82) is 0 Å². The molecule has 1 aliphatic rings. The van der Waals surface area contributed by atoms with Crippen LogP contribution < -0.4 is 0 Å². The van der Waals surface area contributed by atoms with Gasteiger partial charge in [-0.25, -0.2) is 8.42 Å². The van der Waals surface area contributed by atoms with Gasteiger partial charge in [-0.05, 0) is 37.0 Å². The van der Waals surface area contributed by atoms with Crippen molar-refractivity contribution in [3.63, 3.8) is 0 Å². The van der Waals surface area contributed by atoms with Gasteiger partial charge in [-0.1, -0.05) is 23.2 Å². The molecule has 0 spiro atoms. The molecule has 4 nitrogen and oxygen atoms in total. The Hall–Kier alpha value is -0.330. The summed E-state index contributed by atoms with van der Waals surface area (Å²) in [6.45, 7) is 1.02. The average molecular weight is 324 g/mol. The largest absolute Gasteiger partial charge is 0.396 e. The Morgan fingerprint density at radius 3 is 2.68 bits per heavy atom. The summed E-state index contributed by atoms with van der Waals surface area (Å²) in [6.07, 6.45) is 1.41. The van der Waals surface area contributed by atoms with Crippen molar-refractivity contribution in [2.75, 3.05) is 19.7 Å². The number of nitrogens with zero attached hydrogens (tertiary/aromatic N) is 1. The predicted molar refractivity (Wildman–Crippen MR) is 75.0 cm³/mol. The minimum Gasteiger partial charge on any atom is -0.396 e. The third-order valence-electron chi connectivity index (χ3n) is 3.31. The molecule has 0 saturated carbocycles. The Morgan fingerprint density at radius 2 is 2.05 bits per heavy atom. The van der Waals surface area contributed by atoms with Crippen LogP contribution in [0.2, 0.25) is 10.0 Å². The molecule has 0 aromatic heterocycles. The van der Waals surface area contributed by atoms with E-state index in [2.05, 4.69) is 0 Å². The van der Waals surface area contributed by atoms with Crippen LogP contribution in [0.5, 0.6) is 0 Å². The zero-order chi connectivity index (χ0) is 14.0. The molecular weight excluding hydrogens is 309 g/mol. The first-order chi connectivity index (χ1) is 8.95. The van der Waals surface area contributed by atoms with E-state index in [0.717, 1.165) is 6.42 Å². The first-order valence-electron chi connectivity index (χ1n) is 6.01. The summed E-state index contributed by atoms with van der Waals surface area (Å²) < 4.78 is 26.3. The van der Waals surface area contributed by atoms with E-state index in [1.165, 1.54) is 22.5 Å². The molecule has 7 heteroatoms. The molecule has 1 aliphatic heterocycles. The molecule has 19 heavy (non-hydrogen) atoms. The smallest absolute Gasteiger partial charge is 0.243 e. The standard InChI is InChI=1S/C12H15Cl2NO3S/c13-11-2-1-10(7-12(11)14)19(17,18)15-5-3-9(8-15)4-6-16/h1-2,7,9,16H,3-6,8H2. The second kappa shape index (κ2) is 5.97. The van der Waals surface area contributed by atoms with Crippen LogP contribution in [0.25, 0.3) is 0 Å². The molecule has 1 atom stereocenters. The third-order valence-corrected chi connectivity index (χ3v) is 5.91. The molecule has 1 unspecified atom stereocenters. The van der Waals surface area contributed by atoms with Crippen LogP contribution in [0.1, 0.15) is 12.8 Å². The maximum atomic E-state index is 12.4. The number of hydrogen-bond donors (Lipinski definition) is 1. The number of benzene rings is 1. The van der Waals surface area contributed by atoms with Gasteiger partial charge in [-0.2, -0.15) is 4.31 Å². The summed E-state index contributed by atoms with van der Waals surface area (Å²) in [6, 6.07) is 4.32. The lowest BCUT2D eigenvalue weighted by Gasteiger charge is -2.16. The summed E-state index contributed by atoms with van der Waals surface area (Å²) in [7, 11) is -3.52. The highest BCUT2D eigenvalue weighted by Crippen LogP contribution is 2.29. The SMILES string of the molecule is O=S(=O)(c1ccc(Cl)c(Cl)c1)N1CCC(CCO)C1. The van der Waals surface area contributed by atoms with E-state index < -0.39 is 10.0 Å². The van der Waals surface area contributed by atoms with Crippen molar-refractivity contribution in [2.45, 2.75) is 17.7 Å². The molecular formula is C12H15Cl2NO3S. The number of hydrogen-bond acceptors (Lipinski definition) is 3. The van der Waals surface area contributed by atoms with E-state index in [1.54, 1.807) is 0 Å². The van der Waals surface area contributed by atoms with E-state index in [1.807, 2.05) is 0 Å². The van der Waals surface area contributed by atoms with Gasteiger partial charge < -0.3 is 5.11 Å². The molecule has 0 radical (unpaired) electrons. The lowest BCUT2D eigenvalue weighted by molar-refractivity contribution is 0.259. The van der Waals surface area contributed by atoms with Crippen LogP contribution in [0.4, 0.5) is 0 Å². The van der Waals surface area contributed by atoms with Crippen molar-refractivity contribution in [2.24, 2.45) is 5.92 Å². The molecule has 1 fully saturated rings. The highest BCUT2D eigenvalue weighted by atomic mass is 35.5. The summed E-state index contributed by atoms with van der Waals surface area (Å²) in [5.74, 6) is 0.225. The minimum absolute atomic E-state index is 0.0886. The van der Waals surface area contributed by atoms with Crippen molar-refractivity contribution in [3.05, 3.63) is 28.2 Å². The summed E-state index contributed by atoms with van der Waals surface area (Å²) in [5.41, 5.74) is 0. The van der Waals surface area contributed by atoms with Crippen molar-refractivity contribution in [3.8, 4) is 0 Å². The van der Waals surface area contributed by atoms with Crippen LogP contribution in [0.15, 0.2) is 23.1 Å². The van der Waals surface area contributed by atoms with Gasteiger partial charge in [0.2, 0.25) is 10.0 Å². The molecule has 1 heterocycles. The minimum atomic E-state index is -3.52. The Kier molecular flexibility index (Phi) is 4.74. The fraction of sp³-hybridized carbons (Fsp3) is 0.500. The van der Waals surface area contributed by atoms with Gasteiger partial charge in [0.25, 0.3) is 0 Å². The van der Waals surface area contributed by atoms with Crippen molar-refractivity contribution in [1.82, 2.24) is 4.31 Å². The number of aliphatic hydroxyl groups is 1. The Bertz CT molecular complexity index is 562. The first kappa shape index (κ1) is 15.1. The average Bonchev–Trinajstić information content (AvgIpc) is 2.82. The van der Waals surface area contributed by atoms with E-state index >= 15 is 0 Å². The Labute approximate surface area is 123 Å². The van der Waals surface area contributed by atoms with Gasteiger partial charge >= 0.3 is 0 Å². The summed E-state index contributed by atoms with van der Waals surface area (Å²) in [5, 5.41) is 9.46. The quantitative estimate of drug-likeness (QED) is 0.925. The Morgan fingerprint density at radius 1 is 1.32 bits per heavy atom. The first-order valence-corrected chi connectivity index (χ1v) is 8.21. The monoisotopic (exact) mass is 323 g/mol. The molecule has 1 N–H and O–H groups in total. The zero-order valence-electron chi connectivity index (χ0n) is 10.2. The maximum Gasteiger partial charge on any atom is 0.243 e. The fourth-order valence-corrected chi connectivity index (χ4v) is 4.14. The fourth-order valence-electron chi connectivity index (χ4n) is 2.22. The summed E-state index contributed by atoms with van der Waals surface area (Å²) >= 11 is 11.6. The van der Waals surface area contributed by atoms with Crippen molar-refractivity contribution < 1.29 is 13.5 Å². The molecule has 1 aromatic rings. The van der Waals surface area contributed by atoms with E-state index in [-0.39, 0.29) is 22.4 Å². The van der Waals surface area contributed by atoms with Crippen molar-refractivity contribution >= 4 is 33.2 Å². The molecule has 2 rings (SSSR count). The van der Waals surface area contributed by atoms with Crippen LogP contribution >= 0.6 is 23.2 Å². The molecule has 0 bridgehead atoms. The van der Waals surface area contributed by atoms with E-state index in [4.69, 9.17) is 28.3 Å². The topological polar surface area (TPSA) is 57.6 Å². The lowest BCUT2D eigenvalue weighted by atomic mass is 10.1. The molecule has 0 amide bonds. The van der Waals surface area contributed by atoms with Gasteiger partial charge in [-0.3, -0.25) is 0 Å². The second-order valence-electron chi connectivity index (χ2n) is 4.61. The normalized spacial score (nSPS) is 20.9. The molecule has 106 valence electrons. The number of halogens is 2. The predicted octanol–water partition coefficient (Wildman–Crippen LogP) is 2.39. The van der Waals surface area contributed by atoms with Gasteiger partial charge in [0.05, 0.1) is 14.9 Å². The van der Waals surface area contributed by atoms with E-state index in [9.17, 15) is 8.42 Å². The van der Waals surface area contributed by atoms with Crippen LogP contribution in [-0.4, -0.2) is 37.5 Å². The van der Waals surface area contributed by atoms with Crippen LogP contribution in [0, 0.1) is 5.92 Å². The van der Waals surface area contributed by atoms with Gasteiger partial charge in [0, 0.05) is 19.7 Å². The van der Waals surface area contributed by atoms with E-state index in [0.29, 0.717) is 24.5 Å². The maximum absolute atomic E-state index is 12.4. The van der Waals surface area contributed by atoms with Gasteiger partial charge in [-0.15, -0.1) is 0 Å². The number of sulfonamides is 1. The van der Waals surface area contributed by atoms with Crippen LogP contribution in [-0.2, 0) is 10.0 Å². The van der Waals surface area contributed by atoms with Gasteiger partial charge in [0.1, 0.15) is 0 Å². The summed E-state index contributed by atoms with van der Waals surface area (Å²) in [4.78, 5) is 0.159. The molecule has 0 aliphatic carbocycles. The number of aliphatic hydroxyl groups excluding tert-OH is 1. The number of rotatable bonds is 4. The molecule has 1 saturated heterocycles. The second-order valence-corrected chi connectivity index (χ2v) is 7.36. The Balaban J connectivity index is 2.21. The van der Waals surface area contributed by atoms with Crippen LogP contribution in [0.3, 0.4) is 0 Å². The third kappa shape index (κ3) is 3.23. The highest BCUT2D eigenvalue weighted by molar-refractivity contribution is 7.89. The molecule has 1 aromatic carbocycles. The van der Waals surface area contributed by atoms with Gasteiger partial charge in [0.15, 0.2) is 0 Å².